The molecule has 0 unspecified atom stereocenters. The summed E-state index contributed by atoms with van der Waals surface area (Å²) in [6.07, 6.45) is 0.916. The Morgan fingerprint density at radius 1 is 1.15 bits per heavy atom. The van der Waals surface area contributed by atoms with Gasteiger partial charge in [-0.15, -0.1) is 0 Å². The van der Waals surface area contributed by atoms with Crippen molar-refractivity contribution in [1.82, 2.24) is 0 Å². The largest absolute Gasteiger partial charge is 0.276 e. The van der Waals surface area contributed by atoms with Crippen LogP contribution in [0.1, 0.15) is 18.9 Å². The van der Waals surface area contributed by atoms with E-state index in [4.69, 9.17) is 10.3 Å². The first-order valence-electron chi connectivity index (χ1n) is 4.10. The van der Waals surface area contributed by atoms with Crippen molar-refractivity contribution in [2.45, 2.75) is 17.4 Å². The van der Waals surface area contributed by atoms with E-state index in [0.717, 1.165) is 6.42 Å². The molecule has 1 aromatic rings. The Labute approximate surface area is 87.7 Å². The summed E-state index contributed by atoms with van der Waals surface area (Å²) >= 11 is 2.62. The zero-order valence-corrected chi connectivity index (χ0v) is 9.20. The van der Waals surface area contributed by atoms with Crippen LogP contribution >= 0.6 is 23.9 Å². The fourth-order valence-corrected chi connectivity index (χ4v) is 2.33. The van der Waals surface area contributed by atoms with Gasteiger partial charge in [-0.1, -0.05) is 61.2 Å². The molecule has 0 aliphatic carbocycles. The first kappa shape index (κ1) is 10.9. The topological polar surface area (TPSA) is 52.0 Å². The van der Waals surface area contributed by atoms with Gasteiger partial charge in [0.1, 0.15) is 4.08 Å². The number of benzene rings is 1. The Kier molecular flexibility index (Phi) is 4.12. The minimum Gasteiger partial charge on any atom is -0.276 e. The van der Waals surface area contributed by atoms with Gasteiger partial charge in [0.15, 0.2) is 0 Å². The van der Waals surface area contributed by atoms with E-state index >= 15 is 0 Å². The molecule has 4 heteroatoms. The lowest BCUT2D eigenvalue weighted by atomic mass is 10.1. The normalized spacial score (nSPS) is 11.6. The van der Waals surface area contributed by atoms with Crippen molar-refractivity contribution in [1.29, 1.82) is 0 Å². The van der Waals surface area contributed by atoms with Crippen molar-refractivity contribution in [2.24, 2.45) is 10.3 Å². The molecule has 1 rings (SSSR count). The first-order valence-corrected chi connectivity index (χ1v) is 5.86. The fraction of sp³-hybridized carbons (Fsp3) is 0.333. The molecule has 0 heterocycles. The highest BCUT2D eigenvalue weighted by molar-refractivity contribution is 8.15. The zero-order valence-electron chi connectivity index (χ0n) is 7.57. The molecule has 72 valence electrons. The van der Waals surface area contributed by atoms with E-state index < -0.39 is 0 Å². The second-order valence-electron chi connectivity index (χ2n) is 2.71. The van der Waals surface area contributed by atoms with Crippen LogP contribution in [0.2, 0.25) is 0 Å². The number of hydrogen-bond donors (Lipinski definition) is 2. The van der Waals surface area contributed by atoms with Crippen LogP contribution in [-0.2, 0) is 4.08 Å². The summed E-state index contributed by atoms with van der Waals surface area (Å²) < 4.78 is -0.193. The SMILES string of the molecule is CCC(SN)(SN)c1ccccc1. The second-order valence-corrected chi connectivity index (χ2v) is 4.83. The molecule has 0 aliphatic heterocycles. The van der Waals surface area contributed by atoms with Crippen LogP contribution in [-0.4, -0.2) is 0 Å². The number of hydrogen-bond acceptors (Lipinski definition) is 4. The molecule has 0 atom stereocenters. The molecule has 0 saturated heterocycles. The Balaban J connectivity index is 3.01. The van der Waals surface area contributed by atoms with Gasteiger partial charge in [-0.25, -0.2) is 0 Å². The smallest absolute Gasteiger partial charge is 0.114 e. The van der Waals surface area contributed by atoms with Gasteiger partial charge in [-0.3, -0.25) is 10.3 Å². The van der Waals surface area contributed by atoms with Crippen molar-refractivity contribution < 1.29 is 0 Å². The standard InChI is InChI=1S/C9H14N2S2/c1-2-9(12-10,13-11)8-6-4-3-5-7-8/h3-7H,2,10-11H2,1H3. The Hall–Kier alpha value is -0.160. The van der Waals surface area contributed by atoms with Gasteiger partial charge >= 0.3 is 0 Å². The van der Waals surface area contributed by atoms with Crippen LogP contribution < -0.4 is 10.3 Å². The molecule has 0 radical (unpaired) electrons. The van der Waals surface area contributed by atoms with Crippen molar-refractivity contribution in [3.8, 4) is 0 Å². The maximum absolute atomic E-state index is 5.68. The van der Waals surface area contributed by atoms with Crippen molar-refractivity contribution >= 4 is 23.9 Å². The molecule has 0 fully saturated rings. The van der Waals surface area contributed by atoms with E-state index in [9.17, 15) is 0 Å². The van der Waals surface area contributed by atoms with E-state index in [1.807, 2.05) is 18.2 Å². The van der Waals surface area contributed by atoms with Crippen LogP contribution in [0, 0.1) is 0 Å². The molecule has 4 N–H and O–H groups in total. The van der Waals surface area contributed by atoms with E-state index in [1.165, 1.54) is 29.5 Å². The van der Waals surface area contributed by atoms with Gasteiger partial charge in [0, 0.05) is 0 Å². The van der Waals surface area contributed by atoms with E-state index in [2.05, 4.69) is 19.1 Å². The van der Waals surface area contributed by atoms with Crippen LogP contribution in [0.5, 0.6) is 0 Å². The highest BCUT2D eigenvalue weighted by Gasteiger charge is 2.29. The van der Waals surface area contributed by atoms with E-state index in [-0.39, 0.29) is 4.08 Å². The first-order chi connectivity index (χ1) is 6.29. The van der Waals surface area contributed by atoms with Crippen LogP contribution in [0.4, 0.5) is 0 Å². The minimum atomic E-state index is -0.193. The predicted octanol–water partition coefficient (Wildman–Crippen LogP) is 2.46. The summed E-state index contributed by atoms with van der Waals surface area (Å²) in [4.78, 5) is 0. The quantitative estimate of drug-likeness (QED) is 0.597. The van der Waals surface area contributed by atoms with Gasteiger partial charge in [0.25, 0.3) is 0 Å². The van der Waals surface area contributed by atoms with Gasteiger partial charge in [-0.05, 0) is 12.0 Å². The highest BCUT2D eigenvalue weighted by Crippen LogP contribution is 2.43. The fourth-order valence-electron chi connectivity index (χ4n) is 1.23. The summed E-state index contributed by atoms with van der Waals surface area (Å²) in [5.41, 5.74) is 1.18. The summed E-state index contributed by atoms with van der Waals surface area (Å²) in [5.74, 6) is 0. The van der Waals surface area contributed by atoms with Crippen molar-refractivity contribution in [3.63, 3.8) is 0 Å². The lowest BCUT2D eigenvalue weighted by Gasteiger charge is -2.27. The lowest BCUT2D eigenvalue weighted by Crippen LogP contribution is -2.21. The van der Waals surface area contributed by atoms with E-state index in [0.29, 0.717) is 0 Å². The molecule has 13 heavy (non-hydrogen) atoms. The van der Waals surface area contributed by atoms with Gasteiger partial charge < -0.3 is 0 Å². The molecule has 2 nitrogen and oxygen atoms in total. The monoisotopic (exact) mass is 214 g/mol. The molecular weight excluding hydrogens is 200 g/mol. The van der Waals surface area contributed by atoms with Crippen LogP contribution in [0.3, 0.4) is 0 Å². The molecule has 0 aromatic heterocycles. The second kappa shape index (κ2) is 4.91. The third kappa shape index (κ3) is 2.20. The number of rotatable bonds is 4. The molecule has 0 saturated carbocycles. The van der Waals surface area contributed by atoms with Gasteiger partial charge in [0.2, 0.25) is 0 Å². The summed E-state index contributed by atoms with van der Waals surface area (Å²) in [7, 11) is 0. The zero-order chi connectivity index (χ0) is 9.73. The molecule has 0 amide bonds. The molecule has 0 aliphatic rings. The third-order valence-corrected chi connectivity index (χ3v) is 4.45. The third-order valence-electron chi connectivity index (χ3n) is 2.06. The van der Waals surface area contributed by atoms with Gasteiger partial charge in [0.05, 0.1) is 0 Å². The Morgan fingerprint density at radius 2 is 1.69 bits per heavy atom. The average molecular weight is 214 g/mol. The summed E-state index contributed by atoms with van der Waals surface area (Å²) in [6.45, 7) is 2.09. The maximum atomic E-state index is 5.68. The molecular formula is C9H14N2S2. The van der Waals surface area contributed by atoms with Crippen LogP contribution in [0.15, 0.2) is 30.3 Å². The highest BCUT2D eigenvalue weighted by atomic mass is 32.2. The summed E-state index contributed by atoms with van der Waals surface area (Å²) in [6, 6.07) is 10.1. The Morgan fingerprint density at radius 3 is 2.08 bits per heavy atom. The van der Waals surface area contributed by atoms with Crippen molar-refractivity contribution in [2.75, 3.05) is 0 Å². The average Bonchev–Trinajstić information content (AvgIpc) is 2.23. The van der Waals surface area contributed by atoms with Crippen LogP contribution in [0.25, 0.3) is 0 Å². The predicted molar refractivity (Wildman–Crippen MR) is 62.0 cm³/mol. The number of nitrogens with two attached hydrogens (primary N) is 2. The summed E-state index contributed by atoms with van der Waals surface area (Å²) in [5, 5.41) is 11.4. The van der Waals surface area contributed by atoms with Gasteiger partial charge in [-0.2, -0.15) is 0 Å². The lowest BCUT2D eigenvalue weighted by molar-refractivity contribution is 0.832. The Bertz CT molecular complexity index is 239. The molecule has 0 bridgehead atoms. The molecule has 0 spiro atoms. The maximum Gasteiger partial charge on any atom is 0.114 e. The van der Waals surface area contributed by atoms with E-state index in [1.54, 1.807) is 0 Å². The van der Waals surface area contributed by atoms with Crippen molar-refractivity contribution in [3.05, 3.63) is 35.9 Å². The molecule has 1 aromatic carbocycles. The minimum absolute atomic E-state index is 0.193.